The Balaban J connectivity index is 2.02. The van der Waals surface area contributed by atoms with E-state index in [-0.39, 0.29) is 5.75 Å². The standard InChI is InChI=1S/C13H11BrO2/c14-13-4-2-1-3-10(13)9-16-12-7-5-11(15)6-8-12/h1-8,15H,9H2. The van der Waals surface area contributed by atoms with E-state index in [1.54, 1.807) is 24.3 Å². The quantitative estimate of drug-likeness (QED) is 0.927. The second-order valence-electron chi connectivity index (χ2n) is 3.37. The van der Waals surface area contributed by atoms with Gasteiger partial charge in [0.15, 0.2) is 0 Å². The van der Waals surface area contributed by atoms with Gasteiger partial charge in [-0.05, 0) is 30.3 Å². The number of halogens is 1. The van der Waals surface area contributed by atoms with Crippen molar-refractivity contribution in [2.75, 3.05) is 0 Å². The van der Waals surface area contributed by atoms with Crippen molar-refractivity contribution in [2.24, 2.45) is 0 Å². The maximum absolute atomic E-state index is 9.12. The van der Waals surface area contributed by atoms with Crippen LogP contribution in [0.3, 0.4) is 0 Å². The number of phenolic OH excluding ortho intramolecular Hbond substituents is 1. The molecule has 2 aromatic carbocycles. The fourth-order valence-electron chi connectivity index (χ4n) is 1.32. The summed E-state index contributed by atoms with van der Waals surface area (Å²) < 4.78 is 6.62. The molecule has 3 heteroatoms. The lowest BCUT2D eigenvalue weighted by molar-refractivity contribution is 0.305. The first-order valence-corrected chi connectivity index (χ1v) is 5.70. The van der Waals surface area contributed by atoms with E-state index in [4.69, 9.17) is 9.84 Å². The third-order valence-electron chi connectivity index (χ3n) is 2.19. The van der Waals surface area contributed by atoms with Gasteiger partial charge in [-0.2, -0.15) is 0 Å². The fraction of sp³-hybridized carbons (Fsp3) is 0.0769. The van der Waals surface area contributed by atoms with E-state index in [1.165, 1.54) is 0 Å². The number of phenols is 1. The van der Waals surface area contributed by atoms with Crippen LogP contribution in [0.2, 0.25) is 0 Å². The van der Waals surface area contributed by atoms with Gasteiger partial charge in [-0.3, -0.25) is 0 Å². The molecule has 0 amide bonds. The second-order valence-corrected chi connectivity index (χ2v) is 4.23. The van der Waals surface area contributed by atoms with Crippen molar-refractivity contribution in [3.8, 4) is 11.5 Å². The molecule has 0 aliphatic carbocycles. The molecule has 0 saturated carbocycles. The Hall–Kier alpha value is -1.48. The highest BCUT2D eigenvalue weighted by Crippen LogP contribution is 2.20. The second kappa shape index (κ2) is 5.03. The SMILES string of the molecule is Oc1ccc(OCc2ccccc2Br)cc1. The monoisotopic (exact) mass is 278 g/mol. The molecule has 2 aromatic rings. The summed E-state index contributed by atoms with van der Waals surface area (Å²) >= 11 is 3.46. The molecular weight excluding hydrogens is 268 g/mol. The summed E-state index contributed by atoms with van der Waals surface area (Å²) in [4.78, 5) is 0. The summed E-state index contributed by atoms with van der Waals surface area (Å²) in [6.45, 7) is 0.506. The van der Waals surface area contributed by atoms with E-state index in [9.17, 15) is 0 Å². The number of hydrogen-bond acceptors (Lipinski definition) is 2. The van der Waals surface area contributed by atoms with Crippen molar-refractivity contribution < 1.29 is 9.84 Å². The Kier molecular flexibility index (Phi) is 3.47. The maximum atomic E-state index is 9.12. The first-order chi connectivity index (χ1) is 7.75. The van der Waals surface area contributed by atoms with Crippen LogP contribution in [-0.4, -0.2) is 5.11 Å². The van der Waals surface area contributed by atoms with Crippen molar-refractivity contribution in [3.63, 3.8) is 0 Å². The minimum atomic E-state index is 0.244. The first-order valence-electron chi connectivity index (χ1n) is 4.91. The molecular formula is C13H11BrO2. The summed E-state index contributed by atoms with van der Waals surface area (Å²) in [5.74, 6) is 0.988. The molecule has 0 atom stereocenters. The molecule has 0 unspecified atom stereocenters. The van der Waals surface area contributed by atoms with E-state index in [0.29, 0.717) is 6.61 Å². The molecule has 2 nitrogen and oxygen atoms in total. The first kappa shape index (κ1) is 11.0. The van der Waals surface area contributed by atoms with Gasteiger partial charge in [0.05, 0.1) is 0 Å². The van der Waals surface area contributed by atoms with Crippen LogP contribution in [0.1, 0.15) is 5.56 Å². The zero-order valence-corrected chi connectivity index (χ0v) is 10.1. The van der Waals surface area contributed by atoms with Crippen LogP contribution < -0.4 is 4.74 Å². The van der Waals surface area contributed by atoms with Gasteiger partial charge in [0.1, 0.15) is 18.1 Å². The number of benzene rings is 2. The lowest BCUT2D eigenvalue weighted by atomic mass is 10.2. The number of hydrogen-bond donors (Lipinski definition) is 1. The van der Waals surface area contributed by atoms with Crippen LogP contribution in [0, 0.1) is 0 Å². The number of aromatic hydroxyl groups is 1. The highest BCUT2D eigenvalue weighted by molar-refractivity contribution is 9.10. The summed E-state index contributed by atoms with van der Waals surface area (Å²) in [7, 11) is 0. The Labute approximate surface area is 103 Å². The average Bonchev–Trinajstić information content (AvgIpc) is 2.30. The molecule has 0 aromatic heterocycles. The molecule has 0 aliphatic rings. The van der Waals surface area contributed by atoms with Gasteiger partial charge in [0.25, 0.3) is 0 Å². The average molecular weight is 279 g/mol. The van der Waals surface area contributed by atoms with E-state index in [1.807, 2.05) is 24.3 Å². The van der Waals surface area contributed by atoms with Crippen LogP contribution in [0.4, 0.5) is 0 Å². The third-order valence-corrected chi connectivity index (χ3v) is 2.96. The topological polar surface area (TPSA) is 29.5 Å². The molecule has 0 fully saturated rings. The smallest absolute Gasteiger partial charge is 0.120 e. The van der Waals surface area contributed by atoms with E-state index in [0.717, 1.165) is 15.8 Å². The zero-order valence-electron chi connectivity index (χ0n) is 8.56. The third kappa shape index (κ3) is 2.76. The van der Waals surface area contributed by atoms with E-state index in [2.05, 4.69) is 15.9 Å². The van der Waals surface area contributed by atoms with Crippen molar-refractivity contribution in [1.82, 2.24) is 0 Å². The molecule has 16 heavy (non-hydrogen) atoms. The molecule has 1 N–H and O–H groups in total. The summed E-state index contributed by atoms with van der Waals surface area (Å²) in [5.41, 5.74) is 1.09. The van der Waals surface area contributed by atoms with Crippen LogP contribution in [-0.2, 0) is 6.61 Å². The lowest BCUT2D eigenvalue weighted by Crippen LogP contribution is -1.95. The van der Waals surface area contributed by atoms with Crippen molar-refractivity contribution in [3.05, 3.63) is 58.6 Å². The van der Waals surface area contributed by atoms with Crippen LogP contribution in [0.15, 0.2) is 53.0 Å². The van der Waals surface area contributed by atoms with Gasteiger partial charge < -0.3 is 9.84 Å². The summed E-state index contributed by atoms with van der Waals surface area (Å²) in [6, 6.07) is 14.6. The van der Waals surface area contributed by atoms with Gasteiger partial charge in [-0.15, -0.1) is 0 Å². The highest BCUT2D eigenvalue weighted by atomic mass is 79.9. The van der Waals surface area contributed by atoms with E-state index < -0.39 is 0 Å². The van der Waals surface area contributed by atoms with Crippen molar-refractivity contribution in [2.45, 2.75) is 6.61 Å². The zero-order chi connectivity index (χ0) is 11.4. The minimum Gasteiger partial charge on any atom is -0.508 e. The van der Waals surface area contributed by atoms with Gasteiger partial charge in [-0.1, -0.05) is 34.1 Å². The highest BCUT2D eigenvalue weighted by Gasteiger charge is 1.99. The Bertz CT molecular complexity index is 466. The van der Waals surface area contributed by atoms with Gasteiger partial charge in [-0.25, -0.2) is 0 Å². The fourth-order valence-corrected chi connectivity index (χ4v) is 1.72. The Morgan fingerprint density at radius 2 is 1.69 bits per heavy atom. The summed E-state index contributed by atoms with van der Waals surface area (Å²) in [5, 5.41) is 9.12. The molecule has 0 bridgehead atoms. The molecule has 2 rings (SSSR count). The van der Waals surface area contributed by atoms with Crippen LogP contribution in [0.25, 0.3) is 0 Å². The van der Waals surface area contributed by atoms with Gasteiger partial charge >= 0.3 is 0 Å². The molecule has 0 spiro atoms. The Morgan fingerprint density at radius 3 is 2.38 bits per heavy atom. The molecule has 0 radical (unpaired) electrons. The predicted molar refractivity (Wildman–Crippen MR) is 66.6 cm³/mol. The van der Waals surface area contributed by atoms with Gasteiger partial charge in [0.2, 0.25) is 0 Å². The van der Waals surface area contributed by atoms with Crippen LogP contribution in [0.5, 0.6) is 11.5 Å². The maximum Gasteiger partial charge on any atom is 0.120 e. The minimum absolute atomic E-state index is 0.244. The van der Waals surface area contributed by atoms with Crippen LogP contribution >= 0.6 is 15.9 Å². The number of rotatable bonds is 3. The summed E-state index contributed by atoms with van der Waals surface area (Å²) in [6.07, 6.45) is 0. The number of ether oxygens (including phenoxy) is 1. The van der Waals surface area contributed by atoms with E-state index >= 15 is 0 Å². The normalized spacial score (nSPS) is 10.1. The lowest BCUT2D eigenvalue weighted by Gasteiger charge is -2.07. The molecule has 82 valence electrons. The molecule has 0 aliphatic heterocycles. The van der Waals surface area contributed by atoms with Crippen molar-refractivity contribution in [1.29, 1.82) is 0 Å². The molecule has 0 heterocycles. The Morgan fingerprint density at radius 1 is 1.00 bits per heavy atom. The largest absolute Gasteiger partial charge is 0.508 e. The van der Waals surface area contributed by atoms with Crippen molar-refractivity contribution >= 4 is 15.9 Å². The van der Waals surface area contributed by atoms with Gasteiger partial charge in [0, 0.05) is 10.0 Å². The predicted octanol–water partition coefficient (Wildman–Crippen LogP) is 3.73. The molecule has 0 saturated heterocycles.